The first kappa shape index (κ1) is 14.9. The molecule has 1 aromatic heterocycles. The molecule has 1 heterocycles. The number of aryl methyl sites for hydroxylation is 1. The Bertz CT molecular complexity index is 721. The molecule has 0 bridgehead atoms. The van der Waals surface area contributed by atoms with E-state index in [1.807, 2.05) is 18.4 Å². The van der Waals surface area contributed by atoms with Crippen molar-refractivity contribution in [2.75, 3.05) is 5.32 Å². The number of carboxylic acids is 1. The molecule has 21 heavy (non-hydrogen) atoms. The van der Waals surface area contributed by atoms with Crippen LogP contribution >= 0.6 is 11.3 Å². The number of carboxylic acid groups (broad SMARTS) is 1. The largest absolute Gasteiger partial charge is 0.478 e. The van der Waals surface area contributed by atoms with Crippen molar-refractivity contribution in [1.29, 1.82) is 0 Å². The topological polar surface area (TPSA) is 66.4 Å². The van der Waals surface area contributed by atoms with Gasteiger partial charge in [0.25, 0.3) is 0 Å². The molecule has 0 saturated heterocycles. The first-order valence-corrected chi connectivity index (χ1v) is 6.91. The Morgan fingerprint density at radius 1 is 1.33 bits per heavy atom. The smallest absolute Gasteiger partial charge is 0.338 e. The van der Waals surface area contributed by atoms with Gasteiger partial charge in [-0.3, -0.25) is 4.79 Å². The average molecular weight is 305 g/mol. The lowest BCUT2D eigenvalue weighted by Crippen LogP contribution is -2.09. The van der Waals surface area contributed by atoms with Gasteiger partial charge < -0.3 is 10.4 Å². The number of carbonyl (C=O) groups excluding carboxylic acids is 1. The third-order valence-corrected chi connectivity index (χ3v) is 3.74. The molecule has 0 atom stereocenters. The molecule has 2 N–H and O–H groups in total. The van der Waals surface area contributed by atoms with Gasteiger partial charge in [-0.25, -0.2) is 9.18 Å². The molecule has 0 aliphatic rings. The van der Waals surface area contributed by atoms with Crippen LogP contribution in [0.4, 0.5) is 10.1 Å². The van der Waals surface area contributed by atoms with E-state index in [1.165, 1.54) is 23.5 Å². The number of hydrogen-bond donors (Lipinski definition) is 2. The van der Waals surface area contributed by atoms with E-state index in [9.17, 15) is 14.0 Å². The summed E-state index contributed by atoms with van der Waals surface area (Å²) in [4.78, 5) is 23.4. The molecule has 2 aromatic rings. The lowest BCUT2D eigenvalue weighted by atomic mass is 10.2. The number of anilines is 1. The van der Waals surface area contributed by atoms with Gasteiger partial charge in [-0.2, -0.15) is 0 Å². The van der Waals surface area contributed by atoms with Crippen LogP contribution < -0.4 is 5.32 Å². The van der Waals surface area contributed by atoms with Crippen molar-refractivity contribution in [3.63, 3.8) is 0 Å². The second kappa shape index (κ2) is 6.32. The summed E-state index contributed by atoms with van der Waals surface area (Å²) in [5.41, 5.74) is 0.841. The molecular formula is C15H12FNO3S. The zero-order valence-electron chi connectivity index (χ0n) is 11.1. The normalized spacial score (nSPS) is 10.8. The first-order valence-electron chi connectivity index (χ1n) is 6.03. The number of rotatable bonds is 4. The zero-order chi connectivity index (χ0) is 15.4. The van der Waals surface area contributed by atoms with Crippen LogP contribution in [0.5, 0.6) is 0 Å². The monoisotopic (exact) mass is 305 g/mol. The van der Waals surface area contributed by atoms with Crippen LogP contribution in [0.2, 0.25) is 0 Å². The number of hydrogen-bond acceptors (Lipinski definition) is 3. The molecule has 0 spiro atoms. The predicted octanol–water partition coefficient (Wildman–Crippen LogP) is 3.55. The van der Waals surface area contributed by atoms with Gasteiger partial charge in [0.05, 0.1) is 5.56 Å². The summed E-state index contributed by atoms with van der Waals surface area (Å²) < 4.78 is 13.5. The number of halogens is 1. The molecule has 1 amide bonds. The minimum atomic E-state index is -1.35. The molecule has 108 valence electrons. The highest BCUT2D eigenvalue weighted by Crippen LogP contribution is 2.18. The van der Waals surface area contributed by atoms with Gasteiger partial charge in [0.15, 0.2) is 0 Å². The van der Waals surface area contributed by atoms with Crippen LogP contribution in [0.25, 0.3) is 6.08 Å². The van der Waals surface area contributed by atoms with Crippen LogP contribution in [0, 0.1) is 12.7 Å². The maximum atomic E-state index is 13.5. The number of amides is 1. The average Bonchev–Trinajstić information content (AvgIpc) is 2.81. The fourth-order valence-corrected chi connectivity index (χ4v) is 2.48. The van der Waals surface area contributed by atoms with Crippen LogP contribution in [0.1, 0.15) is 20.8 Å². The van der Waals surface area contributed by atoms with Crippen molar-refractivity contribution >= 4 is 35.0 Å². The SMILES string of the molecule is Cc1ccsc1/C=C/C(=O)Nc1ccc(C(=O)O)c(F)c1. The highest BCUT2D eigenvalue weighted by molar-refractivity contribution is 7.11. The van der Waals surface area contributed by atoms with Crippen LogP contribution in [0.15, 0.2) is 35.7 Å². The first-order chi connectivity index (χ1) is 9.97. The summed E-state index contributed by atoms with van der Waals surface area (Å²) in [5.74, 6) is -2.65. The summed E-state index contributed by atoms with van der Waals surface area (Å²) in [6.45, 7) is 1.94. The fraction of sp³-hybridized carbons (Fsp3) is 0.0667. The highest BCUT2D eigenvalue weighted by Gasteiger charge is 2.10. The standard InChI is InChI=1S/C15H12FNO3S/c1-9-6-7-21-13(9)4-5-14(18)17-10-2-3-11(15(19)20)12(16)8-10/h2-8H,1H3,(H,17,18)(H,19,20)/b5-4+. The number of thiophene rings is 1. The number of benzene rings is 1. The second-order valence-corrected chi connectivity index (χ2v) is 5.24. The number of carbonyl (C=O) groups is 2. The van der Waals surface area contributed by atoms with E-state index < -0.39 is 23.3 Å². The van der Waals surface area contributed by atoms with Gasteiger partial charge >= 0.3 is 5.97 Å². The van der Waals surface area contributed by atoms with Gasteiger partial charge in [-0.1, -0.05) is 0 Å². The molecule has 6 heteroatoms. The minimum Gasteiger partial charge on any atom is -0.478 e. The van der Waals surface area contributed by atoms with Crippen LogP contribution in [0.3, 0.4) is 0 Å². The van der Waals surface area contributed by atoms with Gasteiger partial charge in [-0.05, 0) is 48.2 Å². The molecule has 1 aromatic carbocycles. The molecular weight excluding hydrogens is 293 g/mol. The Balaban J connectivity index is 2.06. The van der Waals surface area contributed by atoms with Gasteiger partial charge in [0.1, 0.15) is 5.82 Å². The van der Waals surface area contributed by atoms with Gasteiger partial charge in [0, 0.05) is 16.6 Å². The maximum absolute atomic E-state index is 13.5. The van der Waals surface area contributed by atoms with Crippen molar-refractivity contribution in [2.45, 2.75) is 6.92 Å². The Kier molecular flexibility index (Phi) is 4.49. The molecule has 0 fully saturated rings. The van der Waals surface area contributed by atoms with E-state index in [0.29, 0.717) is 0 Å². The van der Waals surface area contributed by atoms with E-state index in [1.54, 1.807) is 6.08 Å². The van der Waals surface area contributed by atoms with Gasteiger partial charge in [0.2, 0.25) is 5.91 Å². The Morgan fingerprint density at radius 2 is 2.10 bits per heavy atom. The lowest BCUT2D eigenvalue weighted by molar-refractivity contribution is -0.111. The molecule has 0 aliphatic carbocycles. The molecule has 0 saturated carbocycles. The zero-order valence-corrected chi connectivity index (χ0v) is 11.9. The molecule has 2 rings (SSSR count). The van der Waals surface area contributed by atoms with Crippen molar-refractivity contribution < 1.29 is 19.1 Å². The Labute approximate surface area is 124 Å². The van der Waals surface area contributed by atoms with E-state index in [4.69, 9.17) is 5.11 Å². The predicted molar refractivity (Wildman–Crippen MR) is 80.1 cm³/mol. The molecule has 0 unspecified atom stereocenters. The Hall–Kier alpha value is -2.47. The van der Waals surface area contributed by atoms with E-state index in [2.05, 4.69) is 5.32 Å². The maximum Gasteiger partial charge on any atom is 0.338 e. The second-order valence-electron chi connectivity index (χ2n) is 4.29. The Morgan fingerprint density at radius 3 is 2.67 bits per heavy atom. The van der Waals surface area contributed by atoms with Crippen molar-refractivity contribution in [2.24, 2.45) is 0 Å². The quantitative estimate of drug-likeness (QED) is 0.849. The van der Waals surface area contributed by atoms with Gasteiger partial charge in [-0.15, -0.1) is 11.3 Å². The number of aromatic carboxylic acids is 1. The lowest BCUT2D eigenvalue weighted by Gasteiger charge is -2.04. The number of nitrogens with one attached hydrogen (secondary N) is 1. The fourth-order valence-electron chi connectivity index (χ4n) is 1.66. The van der Waals surface area contributed by atoms with E-state index in [0.717, 1.165) is 22.6 Å². The summed E-state index contributed by atoms with van der Waals surface area (Å²) in [7, 11) is 0. The van der Waals surface area contributed by atoms with Crippen molar-refractivity contribution in [3.05, 3.63) is 57.5 Å². The third-order valence-electron chi connectivity index (χ3n) is 2.75. The van der Waals surface area contributed by atoms with Crippen molar-refractivity contribution in [1.82, 2.24) is 0 Å². The highest BCUT2D eigenvalue weighted by atomic mass is 32.1. The van der Waals surface area contributed by atoms with E-state index in [-0.39, 0.29) is 5.69 Å². The van der Waals surface area contributed by atoms with Crippen molar-refractivity contribution in [3.8, 4) is 0 Å². The summed E-state index contributed by atoms with van der Waals surface area (Å²) in [5, 5.41) is 13.1. The summed E-state index contributed by atoms with van der Waals surface area (Å²) >= 11 is 1.51. The van der Waals surface area contributed by atoms with E-state index >= 15 is 0 Å². The molecule has 0 radical (unpaired) electrons. The third kappa shape index (κ3) is 3.76. The minimum absolute atomic E-state index is 0.204. The van der Waals surface area contributed by atoms with Crippen LogP contribution in [-0.2, 0) is 4.79 Å². The molecule has 4 nitrogen and oxygen atoms in total. The molecule has 0 aliphatic heterocycles. The summed E-state index contributed by atoms with van der Waals surface area (Å²) in [6.07, 6.45) is 3.03. The van der Waals surface area contributed by atoms with Crippen LogP contribution in [-0.4, -0.2) is 17.0 Å². The summed E-state index contributed by atoms with van der Waals surface area (Å²) in [6, 6.07) is 5.38.